The van der Waals surface area contributed by atoms with Gasteiger partial charge in [0.25, 0.3) is 0 Å². The zero-order valence-electron chi connectivity index (χ0n) is 19.3. The van der Waals surface area contributed by atoms with Crippen molar-refractivity contribution in [2.45, 2.75) is 27.6 Å². The molecule has 2 aromatic carbocycles. The molecule has 6 rings (SSSR count). The fraction of sp³-hybridized carbons (Fsp3) is 0.259. The molecule has 1 fully saturated rings. The van der Waals surface area contributed by atoms with Crippen molar-refractivity contribution < 1.29 is 35.8 Å². The van der Waals surface area contributed by atoms with Gasteiger partial charge in [0, 0.05) is 46.3 Å². The summed E-state index contributed by atoms with van der Waals surface area (Å²) < 4.78 is 103. The molecule has 0 bridgehead atoms. The molecule has 2 aliphatic carbocycles. The monoisotopic (exact) mass is 552 g/mol. The summed E-state index contributed by atoms with van der Waals surface area (Å²) in [4.78, 5) is -2.91. The molecule has 0 spiro atoms. The van der Waals surface area contributed by atoms with E-state index in [-0.39, 0.29) is 0 Å². The van der Waals surface area contributed by atoms with Crippen molar-refractivity contribution >= 4 is 33.3 Å². The van der Waals surface area contributed by atoms with Gasteiger partial charge in [0.1, 0.15) is 0 Å². The quantitative estimate of drug-likeness (QED) is 0.361. The molecule has 37 heavy (non-hydrogen) atoms. The number of hydrogen-bond donors (Lipinski definition) is 0. The van der Waals surface area contributed by atoms with Gasteiger partial charge in [-0.1, -0.05) is 84.2 Å². The van der Waals surface area contributed by atoms with E-state index in [0.717, 1.165) is 23.5 Å². The minimum atomic E-state index is -5.66. The van der Waals surface area contributed by atoms with Gasteiger partial charge in [0.2, 0.25) is 0 Å². The highest BCUT2D eigenvalue weighted by molar-refractivity contribution is 8.14. The molecule has 0 amide bonds. The summed E-state index contributed by atoms with van der Waals surface area (Å²) in [6, 6.07) is 17.3. The number of hydrogen-bond acceptors (Lipinski definition) is 4. The van der Waals surface area contributed by atoms with Crippen molar-refractivity contribution in [1.82, 2.24) is 0 Å². The van der Waals surface area contributed by atoms with Crippen LogP contribution in [0.4, 0.5) is 26.3 Å². The van der Waals surface area contributed by atoms with Crippen LogP contribution in [-0.2, 0) is 9.47 Å². The molecule has 0 unspecified atom stereocenters. The van der Waals surface area contributed by atoms with E-state index >= 15 is 17.6 Å². The van der Waals surface area contributed by atoms with Gasteiger partial charge in [-0.3, -0.25) is 0 Å². The molecule has 2 atom stereocenters. The Hall–Kier alpha value is -2.40. The third kappa shape index (κ3) is 2.84. The van der Waals surface area contributed by atoms with E-state index in [1.807, 2.05) is 0 Å². The summed E-state index contributed by atoms with van der Waals surface area (Å²) in [5.74, 6) is -16.0. The summed E-state index contributed by atoms with van der Waals surface area (Å²) in [5, 5.41) is 0. The maximum Gasteiger partial charge on any atom is 0.380 e. The summed E-state index contributed by atoms with van der Waals surface area (Å²) in [5.41, 5.74) is -2.51. The SMILES string of the molecule is CO[C@@]12SC(c3ccccc3)=CC1=C1C(=C3C=C(c4ccccc4)S[C@]32OC)C(F)(F)C(F)(F)C1(F)F. The molecular formula is C27H18F6O2S2. The molecule has 2 nitrogen and oxygen atoms in total. The van der Waals surface area contributed by atoms with Crippen molar-refractivity contribution in [2.75, 3.05) is 14.2 Å². The molecule has 0 radical (unpaired) electrons. The van der Waals surface area contributed by atoms with Gasteiger partial charge in [-0.25, -0.2) is 0 Å². The van der Waals surface area contributed by atoms with Gasteiger partial charge in [-0.15, -0.1) is 0 Å². The van der Waals surface area contributed by atoms with Crippen molar-refractivity contribution in [1.29, 1.82) is 0 Å². The van der Waals surface area contributed by atoms with E-state index < -0.39 is 49.9 Å². The van der Waals surface area contributed by atoms with Crippen LogP contribution in [0, 0.1) is 0 Å². The minimum absolute atomic E-state index is 0.407. The molecule has 192 valence electrons. The minimum Gasteiger partial charge on any atom is -0.358 e. The molecule has 0 N–H and O–H groups in total. The van der Waals surface area contributed by atoms with Crippen LogP contribution in [0.5, 0.6) is 0 Å². The van der Waals surface area contributed by atoms with E-state index in [4.69, 9.17) is 9.47 Å². The number of halogens is 6. The molecular weight excluding hydrogens is 534 g/mol. The fourth-order valence-corrected chi connectivity index (χ4v) is 8.48. The van der Waals surface area contributed by atoms with Gasteiger partial charge < -0.3 is 9.47 Å². The first-order chi connectivity index (χ1) is 17.5. The standard InChI is InChI=1S/C27H18F6O2S2/c1-34-25-17(13-19(36-25)15-9-5-3-6-10-15)21-22(24(30,31)27(32,33)23(21,28)29)18-14-20(37-26(18,25)35-2)16-11-7-4-8-12-16/h3-14H,1-2H3/t25-,26-/m1/s1. The first kappa shape index (κ1) is 24.9. The Morgan fingerprint density at radius 1 is 0.568 bits per heavy atom. The summed E-state index contributed by atoms with van der Waals surface area (Å²) in [6.45, 7) is 0. The zero-order chi connectivity index (χ0) is 26.4. The van der Waals surface area contributed by atoms with Crippen LogP contribution in [0.2, 0.25) is 0 Å². The van der Waals surface area contributed by atoms with Crippen molar-refractivity contribution in [3.8, 4) is 0 Å². The van der Waals surface area contributed by atoms with E-state index in [1.165, 1.54) is 26.4 Å². The number of alkyl halides is 6. The number of allylic oxidation sites excluding steroid dienone is 2. The van der Waals surface area contributed by atoms with Crippen LogP contribution < -0.4 is 0 Å². The van der Waals surface area contributed by atoms with Crippen LogP contribution in [0.15, 0.2) is 95.1 Å². The fourth-order valence-electron chi connectivity index (χ4n) is 5.39. The third-order valence-electron chi connectivity index (χ3n) is 7.10. The lowest BCUT2D eigenvalue weighted by molar-refractivity contribution is -0.258. The number of ether oxygens (including phenoxy) is 2. The lowest BCUT2D eigenvalue weighted by atomic mass is 9.80. The molecule has 4 aliphatic rings. The molecule has 0 aromatic heterocycles. The number of fused-ring (bicyclic) bond motifs is 4. The lowest BCUT2D eigenvalue weighted by Crippen LogP contribution is -2.55. The Morgan fingerprint density at radius 3 is 1.24 bits per heavy atom. The second kappa shape index (κ2) is 7.81. The maximum absolute atomic E-state index is 15.4. The van der Waals surface area contributed by atoms with Crippen LogP contribution >= 0.6 is 23.5 Å². The van der Waals surface area contributed by atoms with E-state index in [1.54, 1.807) is 60.7 Å². The highest BCUT2D eigenvalue weighted by atomic mass is 32.2. The van der Waals surface area contributed by atoms with E-state index in [0.29, 0.717) is 20.9 Å². The topological polar surface area (TPSA) is 18.5 Å². The Bertz CT molecular complexity index is 1320. The Kier molecular flexibility index (Phi) is 5.26. The lowest BCUT2D eigenvalue weighted by Gasteiger charge is -2.48. The van der Waals surface area contributed by atoms with Crippen LogP contribution in [0.25, 0.3) is 9.81 Å². The Labute approximate surface area is 217 Å². The van der Waals surface area contributed by atoms with E-state index in [9.17, 15) is 8.78 Å². The average molecular weight is 553 g/mol. The highest BCUT2D eigenvalue weighted by Gasteiger charge is 2.85. The highest BCUT2D eigenvalue weighted by Crippen LogP contribution is 2.75. The first-order valence-corrected chi connectivity index (χ1v) is 12.8. The summed E-state index contributed by atoms with van der Waals surface area (Å²) >= 11 is 1.97. The average Bonchev–Trinajstić information content (AvgIpc) is 3.51. The van der Waals surface area contributed by atoms with Crippen molar-refractivity contribution in [2.24, 2.45) is 0 Å². The van der Waals surface area contributed by atoms with Gasteiger partial charge in [0.05, 0.1) is 0 Å². The van der Waals surface area contributed by atoms with Crippen LogP contribution in [-0.4, -0.2) is 41.9 Å². The van der Waals surface area contributed by atoms with Gasteiger partial charge in [-0.2, -0.15) is 26.3 Å². The number of rotatable bonds is 4. The predicted octanol–water partition coefficient (Wildman–Crippen LogP) is 7.77. The molecule has 2 heterocycles. The molecule has 1 saturated carbocycles. The molecule has 0 saturated heterocycles. The second-order valence-electron chi connectivity index (χ2n) is 8.90. The van der Waals surface area contributed by atoms with E-state index in [2.05, 4.69) is 0 Å². The normalized spacial score (nSPS) is 30.6. The van der Waals surface area contributed by atoms with Gasteiger partial charge >= 0.3 is 17.8 Å². The largest absolute Gasteiger partial charge is 0.380 e. The maximum atomic E-state index is 15.4. The number of thioether (sulfide) groups is 2. The molecule has 10 heteroatoms. The van der Waals surface area contributed by atoms with Crippen LogP contribution in [0.1, 0.15) is 11.1 Å². The summed E-state index contributed by atoms with van der Waals surface area (Å²) in [6.07, 6.45) is 2.51. The van der Waals surface area contributed by atoms with Gasteiger partial charge in [0.15, 0.2) is 9.87 Å². The van der Waals surface area contributed by atoms with Gasteiger partial charge in [-0.05, 0) is 23.3 Å². The first-order valence-electron chi connectivity index (χ1n) is 11.2. The Balaban J connectivity index is 1.72. The third-order valence-corrected chi connectivity index (χ3v) is 10.3. The molecule has 2 aliphatic heterocycles. The van der Waals surface area contributed by atoms with Crippen molar-refractivity contribution in [3.05, 3.63) is 106 Å². The predicted molar refractivity (Wildman–Crippen MR) is 132 cm³/mol. The molecule has 2 aromatic rings. The smallest absolute Gasteiger partial charge is 0.358 e. The second-order valence-corrected chi connectivity index (χ2v) is 11.3. The van der Waals surface area contributed by atoms with Crippen LogP contribution in [0.3, 0.4) is 0 Å². The zero-order valence-corrected chi connectivity index (χ0v) is 21.0. The number of methoxy groups -OCH3 is 2. The summed E-state index contributed by atoms with van der Waals surface area (Å²) in [7, 11) is 2.48. The number of benzene rings is 2. The van der Waals surface area contributed by atoms with Crippen molar-refractivity contribution in [3.63, 3.8) is 0 Å². The Morgan fingerprint density at radius 2 is 0.919 bits per heavy atom.